The Hall–Kier alpha value is -1.92. The van der Waals surface area contributed by atoms with Gasteiger partial charge >= 0.3 is 5.97 Å². The Kier molecular flexibility index (Phi) is 55.0. The molecule has 0 fully saturated rings. The first-order chi connectivity index (χ1) is 33.0. The van der Waals surface area contributed by atoms with Crippen molar-refractivity contribution < 1.29 is 24.5 Å². The summed E-state index contributed by atoms with van der Waals surface area (Å²) < 4.78 is 5.47. The Labute approximate surface area is 417 Å². The van der Waals surface area contributed by atoms with Gasteiger partial charge in [0.1, 0.15) is 0 Å². The van der Waals surface area contributed by atoms with E-state index in [-0.39, 0.29) is 18.5 Å². The summed E-state index contributed by atoms with van der Waals surface area (Å²) in [5.41, 5.74) is 0. The van der Waals surface area contributed by atoms with Gasteiger partial charge in [-0.2, -0.15) is 0 Å². The lowest BCUT2D eigenvalue weighted by Gasteiger charge is -2.20. The average molecular weight is 943 g/mol. The zero-order valence-corrected chi connectivity index (χ0v) is 44.9. The van der Waals surface area contributed by atoms with Crippen molar-refractivity contribution in [2.75, 3.05) is 13.2 Å². The standard InChI is InChI=1S/C61H115NO5/c1-3-5-7-9-11-13-15-17-19-21-23-24-25-26-27-29-31-33-37-41-45-49-53-59(64)58(57-63)62-60(65)54-50-46-42-38-35-36-40-44-48-52-56-67-61(66)55-51-47-43-39-34-32-30-28-22-20-18-16-14-12-10-8-6-4-2/h14,16,20,22,49,53,58-59,63-64H,3-13,15,17-19,21,23-48,50-52,54-57H2,1-2H3,(H,62,65)/b16-14-,22-20-,53-49+. The second-order valence-electron chi connectivity index (χ2n) is 20.3. The summed E-state index contributed by atoms with van der Waals surface area (Å²) in [6.07, 6.45) is 70.2. The number of rotatable bonds is 55. The minimum atomic E-state index is -0.861. The third-order valence-electron chi connectivity index (χ3n) is 13.7. The molecule has 0 aliphatic carbocycles. The number of unbranched alkanes of at least 4 members (excludes halogenated alkanes) is 40. The quantitative estimate of drug-likeness (QED) is 0.0321. The Morgan fingerprint density at radius 3 is 1.15 bits per heavy atom. The van der Waals surface area contributed by atoms with E-state index >= 15 is 0 Å². The van der Waals surface area contributed by atoms with Gasteiger partial charge in [0.05, 0.1) is 25.4 Å². The first kappa shape index (κ1) is 65.1. The van der Waals surface area contributed by atoms with Gasteiger partial charge < -0.3 is 20.3 Å². The molecule has 394 valence electrons. The highest BCUT2D eigenvalue weighted by Gasteiger charge is 2.18. The molecule has 6 nitrogen and oxygen atoms in total. The number of esters is 1. The summed E-state index contributed by atoms with van der Waals surface area (Å²) in [6.45, 7) is 4.85. The van der Waals surface area contributed by atoms with Gasteiger partial charge in [-0.3, -0.25) is 9.59 Å². The van der Waals surface area contributed by atoms with Crippen LogP contribution >= 0.6 is 0 Å². The molecule has 0 spiro atoms. The van der Waals surface area contributed by atoms with Gasteiger partial charge in [0.25, 0.3) is 0 Å². The van der Waals surface area contributed by atoms with E-state index < -0.39 is 12.1 Å². The molecule has 2 unspecified atom stereocenters. The summed E-state index contributed by atoms with van der Waals surface area (Å²) in [5, 5.41) is 23.2. The average Bonchev–Trinajstić information content (AvgIpc) is 3.33. The molecule has 0 radical (unpaired) electrons. The number of aliphatic hydroxyl groups excluding tert-OH is 2. The first-order valence-electron chi connectivity index (χ1n) is 29.8. The number of ether oxygens (including phenoxy) is 1. The van der Waals surface area contributed by atoms with Crippen LogP contribution in [0, 0.1) is 0 Å². The fourth-order valence-electron chi connectivity index (χ4n) is 9.08. The topological polar surface area (TPSA) is 95.9 Å². The van der Waals surface area contributed by atoms with E-state index in [1.165, 1.54) is 225 Å². The first-order valence-corrected chi connectivity index (χ1v) is 29.8. The molecule has 0 saturated heterocycles. The summed E-state index contributed by atoms with van der Waals surface area (Å²) in [4.78, 5) is 24.6. The predicted octanol–water partition coefficient (Wildman–Crippen LogP) is 18.4. The van der Waals surface area contributed by atoms with E-state index in [2.05, 4.69) is 43.5 Å². The Balaban J connectivity index is 3.50. The number of hydrogen-bond acceptors (Lipinski definition) is 5. The molecule has 0 aromatic carbocycles. The smallest absolute Gasteiger partial charge is 0.305 e. The number of carbonyl (C=O) groups excluding carboxylic acids is 2. The number of carbonyl (C=O) groups is 2. The van der Waals surface area contributed by atoms with Gasteiger partial charge in [0.15, 0.2) is 0 Å². The summed E-state index contributed by atoms with van der Waals surface area (Å²) in [6, 6.07) is -0.647. The lowest BCUT2D eigenvalue weighted by Crippen LogP contribution is -2.45. The maximum atomic E-state index is 12.5. The van der Waals surface area contributed by atoms with E-state index in [0.29, 0.717) is 19.4 Å². The lowest BCUT2D eigenvalue weighted by molar-refractivity contribution is -0.143. The summed E-state index contributed by atoms with van der Waals surface area (Å²) in [5.74, 6) is -0.117. The van der Waals surface area contributed by atoms with Crippen LogP contribution in [-0.2, 0) is 14.3 Å². The van der Waals surface area contributed by atoms with Crippen molar-refractivity contribution in [3.8, 4) is 0 Å². The highest BCUT2D eigenvalue weighted by Crippen LogP contribution is 2.17. The number of amides is 1. The predicted molar refractivity (Wildman–Crippen MR) is 292 cm³/mol. The van der Waals surface area contributed by atoms with Crippen LogP contribution in [0.5, 0.6) is 0 Å². The summed E-state index contributed by atoms with van der Waals surface area (Å²) in [7, 11) is 0. The van der Waals surface area contributed by atoms with Crippen molar-refractivity contribution in [3.63, 3.8) is 0 Å². The van der Waals surface area contributed by atoms with Crippen LogP contribution in [0.25, 0.3) is 0 Å². The number of allylic oxidation sites excluding steroid dienone is 5. The van der Waals surface area contributed by atoms with E-state index in [1.807, 2.05) is 6.08 Å². The number of nitrogens with one attached hydrogen (secondary N) is 1. The molecule has 3 N–H and O–H groups in total. The fraction of sp³-hybridized carbons (Fsp3) is 0.869. The largest absolute Gasteiger partial charge is 0.466 e. The Morgan fingerprint density at radius 1 is 0.418 bits per heavy atom. The molecule has 0 bridgehead atoms. The minimum Gasteiger partial charge on any atom is -0.466 e. The van der Waals surface area contributed by atoms with Gasteiger partial charge in [-0.05, 0) is 64.2 Å². The van der Waals surface area contributed by atoms with E-state index in [9.17, 15) is 19.8 Å². The number of aliphatic hydroxyl groups is 2. The normalized spacial score (nSPS) is 12.8. The molecule has 0 rings (SSSR count). The van der Waals surface area contributed by atoms with E-state index in [4.69, 9.17) is 4.74 Å². The van der Waals surface area contributed by atoms with Crippen LogP contribution in [0.4, 0.5) is 0 Å². The molecular weight excluding hydrogens is 827 g/mol. The molecule has 0 saturated carbocycles. The van der Waals surface area contributed by atoms with Crippen LogP contribution in [0.15, 0.2) is 36.5 Å². The van der Waals surface area contributed by atoms with Crippen LogP contribution in [0.3, 0.4) is 0 Å². The highest BCUT2D eigenvalue weighted by atomic mass is 16.5. The molecule has 0 aliphatic heterocycles. The molecule has 2 atom stereocenters. The maximum absolute atomic E-state index is 12.5. The molecule has 0 heterocycles. The Morgan fingerprint density at radius 2 is 0.746 bits per heavy atom. The molecule has 0 aromatic heterocycles. The van der Waals surface area contributed by atoms with Gasteiger partial charge in [-0.1, -0.05) is 275 Å². The van der Waals surface area contributed by atoms with Crippen LogP contribution in [0.1, 0.15) is 316 Å². The molecule has 0 aliphatic rings. The van der Waals surface area contributed by atoms with Crippen molar-refractivity contribution in [2.24, 2.45) is 0 Å². The molecule has 0 aromatic rings. The third kappa shape index (κ3) is 53.3. The highest BCUT2D eigenvalue weighted by molar-refractivity contribution is 5.76. The lowest BCUT2D eigenvalue weighted by atomic mass is 10.0. The van der Waals surface area contributed by atoms with Crippen molar-refractivity contribution in [1.29, 1.82) is 0 Å². The number of hydrogen-bond donors (Lipinski definition) is 3. The van der Waals surface area contributed by atoms with Gasteiger partial charge in [0, 0.05) is 12.8 Å². The van der Waals surface area contributed by atoms with Crippen LogP contribution < -0.4 is 5.32 Å². The SMILES string of the molecule is CCCCCC/C=C\C/C=C\CCCCCCCCCC(=O)OCCCCCCCCCCCCC(=O)NC(CO)C(O)/C=C/CCCCCCCCCCCCCCCCCCCCCC. The van der Waals surface area contributed by atoms with Crippen molar-refractivity contribution in [3.05, 3.63) is 36.5 Å². The molecule has 67 heavy (non-hydrogen) atoms. The third-order valence-corrected chi connectivity index (χ3v) is 13.7. The zero-order chi connectivity index (χ0) is 48.6. The monoisotopic (exact) mass is 942 g/mol. The second-order valence-corrected chi connectivity index (χ2v) is 20.3. The van der Waals surface area contributed by atoms with E-state index in [1.54, 1.807) is 6.08 Å². The second kappa shape index (κ2) is 56.7. The molecular formula is C61H115NO5. The van der Waals surface area contributed by atoms with Gasteiger partial charge in [-0.15, -0.1) is 0 Å². The Bertz CT molecular complexity index is 1090. The van der Waals surface area contributed by atoms with Gasteiger partial charge in [-0.25, -0.2) is 0 Å². The molecule has 6 heteroatoms. The zero-order valence-electron chi connectivity index (χ0n) is 44.9. The van der Waals surface area contributed by atoms with Gasteiger partial charge in [0.2, 0.25) is 5.91 Å². The van der Waals surface area contributed by atoms with Crippen molar-refractivity contribution in [1.82, 2.24) is 5.32 Å². The van der Waals surface area contributed by atoms with Crippen LogP contribution in [0.2, 0.25) is 0 Å². The maximum Gasteiger partial charge on any atom is 0.305 e. The van der Waals surface area contributed by atoms with Crippen LogP contribution in [-0.4, -0.2) is 47.4 Å². The van der Waals surface area contributed by atoms with Crippen molar-refractivity contribution >= 4 is 11.9 Å². The fourth-order valence-corrected chi connectivity index (χ4v) is 9.08. The minimum absolute atomic E-state index is 0.0277. The summed E-state index contributed by atoms with van der Waals surface area (Å²) >= 11 is 0. The molecule has 1 amide bonds. The van der Waals surface area contributed by atoms with Crippen molar-refractivity contribution in [2.45, 2.75) is 328 Å². The van der Waals surface area contributed by atoms with E-state index in [0.717, 1.165) is 64.2 Å².